The van der Waals surface area contributed by atoms with Crippen molar-refractivity contribution in [1.82, 2.24) is 10.2 Å². The van der Waals surface area contributed by atoms with Crippen molar-refractivity contribution in [3.8, 4) is 5.75 Å². The lowest BCUT2D eigenvalue weighted by molar-refractivity contribution is 0.205. The first-order valence-corrected chi connectivity index (χ1v) is 7.92. The van der Waals surface area contributed by atoms with E-state index in [0.717, 1.165) is 6.54 Å². The second-order valence-corrected chi connectivity index (χ2v) is 6.04. The molecule has 118 valence electrons. The van der Waals surface area contributed by atoms with E-state index >= 15 is 0 Å². The van der Waals surface area contributed by atoms with Crippen molar-refractivity contribution < 1.29 is 9.13 Å². The monoisotopic (exact) mass is 294 g/mol. The Kier molecular flexibility index (Phi) is 6.00. The van der Waals surface area contributed by atoms with Crippen molar-refractivity contribution in [2.75, 3.05) is 26.7 Å². The molecule has 4 heteroatoms. The molecule has 0 aromatic heterocycles. The van der Waals surface area contributed by atoms with Crippen LogP contribution in [0, 0.1) is 5.82 Å². The molecule has 1 aliphatic rings. The van der Waals surface area contributed by atoms with Gasteiger partial charge >= 0.3 is 0 Å². The van der Waals surface area contributed by atoms with Crippen LogP contribution >= 0.6 is 0 Å². The predicted molar refractivity (Wildman–Crippen MR) is 84.3 cm³/mol. The quantitative estimate of drug-likeness (QED) is 0.870. The summed E-state index contributed by atoms with van der Waals surface area (Å²) in [7, 11) is 1.55. The van der Waals surface area contributed by atoms with E-state index in [-0.39, 0.29) is 11.9 Å². The summed E-state index contributed by atoms with van der Waals surface area (Å²) >= 11 is 0. The molecular weight excluding hydrogens is 267 g/mol. The lowest BCUT2D eigenvalue weighted by Crippen LogP contribution is -2.42. The Morgan fingerprint density at radius 2 is 1.95 bits per heavy atom. The molecule has 1 N–H and O–H groups in total. The average molecular weight is 294 g/mol. The summed E-state index contributed by atoms with van der Waals surface area (Å²) in [4.78, 5) is 2.50. The van der Waals surface area contributed by atoms with Crippen molar-refractivity contribution in [3.05, 3.63) is 29.6 Å². The fourth-order valence-corrected chi connectivity index (χ4v) is 3.08. The Morgan fingerprint density at radius 3 is 2.57 bits per heavy atom. The van der Waals surface area contributed by atoms with Crippen LogP contribution < -0.4 is 10.1 Å². The SMILES string of the molecule is COc1ccc(C(C)NC(C)CN2CCCCC2)c(F)c1. The highest BCUT2D eigenvalue weighted by molar-refractivity contribution is 5.30. The molecule has 0 saturated carbocycles. The minimum absolute atomic E-state index is 0.00398. The molecule has 0 aliphatic carbocycles. The van der Waals surface area contributed by atoms with E-state index in [9.17, 15) is 4.39 Å². The molecule has 1 fully saturated rings. The van der Waals surface area contributed by atoms with E-state index in [2.05, 4.69) is 17.1 Å². The van der Waals surface area contributed by atoms with Gasteiger partial charge in [0.1, 0.15) is 11.6 Å². The summed E-state index contributed by atoms with van der Waals surface area (Å²) in [6.07, 6.45) is 3.95. The standard InChI is InChI=1S/C17H27FN2O/c1-13(12-20-9-5-4-6-10-20)19-14(2)16-8-7-15(21-3)11-17(16)18/h7-8,11,13-14,19H,4-6,9-10,12H2,1-3H3. The molecule has 0 spiro atoms. The van der Waals surface area contributed by atoms with Crippen molar-refractivity contribution >= 4 is 0 Å². The molecule has 0 bridgehead atoms. The second-order valence-electron chi connectivity index (χ2n) is 6.04. The highest BCUT2D eigenvalue weighted by Crippen LogP contribution is 2.22. The number of methoxy groups -OCH3 is 1. The maximum Gasteiger partial charge on any atom is 0.131 e. The molecule has 1 aromatic rings. The van der Waals surface area contributed by atoms with E-state index in [1.807, 2.05) is 13.0 Å². The molecule has 0 amide bonds. The molecule has 1 saturated heterocycles. The highest BCUT2D eigenvalue weighted by atomic mass is 19.1. The minimum atomic E-state index is -0.209. The fraction of sp³-hybridized carbons (Fsp3) is 0.647. The first-order valence-electron chi connectivity index (χ1n) is 7.92. The summed E-state index contributed by atoms with van der Waals surface area (Å²) < 4.78 is 19.1. The molecule has 0 radical (unpaired) electrons. The topological polar surface area (TPSA) is 24.5 Å². The van der Waals surface area contributed by atoms with Gasteiger partial charge in [-0.1, -0.05) is 12.5 Å². The molecular formula is C17H27FN2O. The average Bonchev–Trinajstić information content (AvgIpc) is 2.47. The molecule has 2 atom stereocenters. The maximum absolute atomic E-state index is 14.1. The zero-order valence-electron chi connectivity index (χ0n) is 13.4. The number of nitrogens with zero attached hydrogens (tertiary/aromatic N) is 1. The molecule has 2 rings (SSSR count). The summed E-state index contributed by atoms with van der Waals surface area (Å²) in [6, 6.07) is 5.41. The Labute approximate surface area is 127 Å². The van der Waals surface area contributed by atoms with E-state index in [1.165, 1.54) is 38.4 Å². The molecule has 1 aliphatic heterocycles. The van der Waals surface area contributed by atoms with Gasteiger partial charge in [-0.05, 0) is 45.8 Å². The number of hydrogen-bond donors (Lipinski definition) is 1. The van der Waals surface area contributed by atoms with E-state index in [0.29, 0.717) is 17.4 Å². The third kappa shape index (κ3) is 4.68. The third-order valence-electron chi connectivity index (χ3n) is 4.19. The first kappa shape index (κ1) is 16.2. The lowest BCUT2D eigenvalue weighted by Gasteiger charge is -2.30. The minimum Gasteiger partial charge on any atom is -0.497 e. The van der Waals surface area contributed by atoms with Crippen LogP contribution in [0.5, 0.6) is 5.75 Å². The van der Waals surface area contributed by atoms with Crippen molar-refractivity contribution in [3.63, 3.8) is 0 Å². The van der Waals surface area contributed by atoms with Crippen LogP contribution in [0.2, 0.25) is 0 Å². The van der Waals surface area contributed by atoms with Crippen molar-refractivity contribution in [2.24, 2.45) is 0 Å². The number of rotatable bonds is 6. The summed E-state index contributed by atoms with van der Waals surface area (Å²) in [5.74, 6) is 0.351. The number of piperidine rings is 1. The Morgan fingerprint density at radius 1 is 1.24 bits per heavy atom. The van der Waals surface area contributed by atoms with Crippen LogP contribution in [0.25, 0.3) is 0 Å². The zero-order chi connectivity index (χ0) is 15.2. The van der Waals surface area contributed by atoms with Gasteiger partial charge in [0.25, 0.3) is 0 Å². The van der Waals surface area contributed by atoms with Gasteiger partial charge in [-0.15, -0.1) is 0 Å². The van der Waals surface area contributed by atoms with E-state index < -0.39 is 0 Å². The first-order chi connectivity index (χ1) is 10.1. The van der Waals surface area contributed by atoms with E-state index in [1.54, 1.807) is 13.2 Å². The number of nitrogens with one attached hydrogen (secondary N) is 1. The summed E-state index contributed by atoms with van der Waals surface area (Å²) in [6.45, 7) is 7.60. The van der Waals surface area contributed by atoms with Crippen LogP contribution in [0.1, 0.15) is 44.7 Å². The van der Waals surface area contributed by atoms with Gasteiger partial charge in [-0.25, -0.2) is 4.39 Å². The molecule has 2 unspecified atom stereocenters. The van der Waals surface area contributed by atoms with Crippen molar-refractivity contribution in [2.45, 2.75) is 45.2 Å². The lowest BCUT2D eigenvalue weighted by atomic mass is 10.1. The Bertz CT molecular complexity index is 446. The molecule has 21 heavy (non-hydrogen) atoms. The predicted octanol–water partition coefficient (Wildman–Crippen LogP) is 3.36. The van der Waals surface area contributed by atoms with Gasteiger partial charge in [0, 0.05) is 30.3 Å². The highest BCUT2D eigenvalue weighted by Gasteiger charge is 2.17. The molecule has 3 nitrogen and oxygen atoms in total. The van der Waals surface area contributed by atoms with Crippen LogP contribution in [0.4, 0.5) is 4.39 Å². The van der Waals surface area contributed by atoms with Gasteiger partial charge in [0.05, 0.1) is 7.11 Å². The van der Waals surface area contributed by atoms with Gasteiger partial charge in [0.15, 0.2) is 0 Å². The number of hydrogen-bond acceptors (Lipinski definition) is 3. The van der Waals surface area contributed by atoms with E-state index in [4.69, 9.17) is 4.74 Å². The zero-order valence-corrected chi connectivity index (χ0v) is 13.4. The van der Waals surface area contributed by atoms with Crippen LogP contribution in [0.15, 0.2) is 18.2 Å². The Balaban J connectivity index is 1.89. The third-order valence-corrected chi connectivity index (χ3v) is 4.19. The number of likely N-dealkylation sites (tertiary alicyclic amines) is 1. The van der Waals surface area contributed by atoms with Gasteiger partial charge in [0.2, 0.25) is 0 Å². The number of ether oxygens (including phenoxy) is 1. The fourth-order valence-electron chi connectivity index (χ4n) is 3.08. The van der Waals surface area contributed by atoms with Crippen LogP contribution in [-0.4, -0.2) is 37.7 Å². The smallest absolute Gasteiger partial charge is 0.131 e. The van der Waals surface area contributed by atoms with Crippen LogP contribution in [0.3, 0.4) is 0 Å². The van der Waals surface area contributed by atoms with Crippen molar-refractivity contribution in [1.29, 1.82) is 0 Å². The summed E-state index contributed by atoms with van der Waals surface area (Å²) in [5.41, 5.74) is 0.696. The normalized spacial score (nSPS) is 19.2. The van der Waals surface area contributed by atoms with Gasteiger partial charge < -0.3 is 15.0 Å². The van der Waals surface area contributed by atoms with Gasteiger partial charge in [-0.3, -0.25) is 0 Å². The largest absolute Gasteiger partial charge is 0.497 e. The molecule has 1 aromatic carbocycles. The maximum atomic E-state index is 14.1. The number of benzene rings is 1. The van der Waals surface area contributed by atoms with Gasteiger partial charge in [-0.2, -0.15) is 0 Å². The number of halogens is 1. The Hall–Kier alpha value is -1.13. The second kappa shape index (κ2) is 7.76. The molecule has 1 heterocycles. The summed E-state index contributed by atoms with van der Waals surface area (Å²) in [5, 5.41) is 3.50. The van der Waals surface area contributed by atoms with Crippen LogP contribution in [-0.2, 0) is 0 Å².